The van der Waals surface area contributed by atoms with Gasteiger partial charge < -0.3 is 4.74 Å². The van der Waals surface area contributed by atoms with Crippen LogP contribution in [0.3, 0.4) is 0 Å². The lowest BCUT2D eigenvalue weighted by Gasteiger charge is -2.14. The molecule has 0 aromatic heterocycles. The molecular formula is C18H23NO4. The molecule has 1 fully saturated rings. The van der Waals surface area contributed by atoms with Crippen LogP contribution < -0.4 is 9.64 Å². The van der Waals surface area contributed by atoms with E-state index in [4.69, 9.17) is 4.74 Å². The third kappa shape index (κ3) is 4.91. The molecule has 0 bridgehead atoms. The van der Waals surface area contributed by atoms with E-state index in [1.54, 1.807) is 24.3 Å². The van der Waals surface area contributed by atoms with Crippen LogP contribution in [0.15, 0.2) is 24.3 Å². The van der Waals surface area contributed by atoms with Gasteiger partial charge in [0.25, 0.3) is 0 Å². The number of carbonyl (C=O) groups excluding carboxylic acids is 3. The number of carbonyl (C=O) groups is 3. The summed E-state index contributed by atoms with van der Waals surface area (Å²) in [6.07, 6.45) is 6.21. The topological polar surface area (TPSA) is 63.7 Å². The molecule has 23 heavy (non-hydrogen) atoms. The Hall–Kier alpha value is -2.17. The van der Waals surface area contributed by atoms with Crippen molar-refractivity contribution in [1.82, 2.24) is 0 Å². The van der Waals surface area contributed by atoms with Gasteiger partial charge in [0.1, 0.15) is 5.75 Å². The van der Waals surface area contributed by atoms with E-state index in [0.29, 0.717) is 17.9 Å². The number of rotatable bonds is 8. The minimum atomic E-state index is -0.280. The van der Waals surface area contributed by atoms with Crippen molar-refractivity contribution in [3.63, 3.8) is 0 Å². The molecule has 1 aliphatic heterocycles. The molecule has 1 aromatic rings. The Labute approximate surface area is 136 Å². The van der Waals surface area contributed by atoms with Crippen LogP contribution in [0.2, 0.25) is 0 Å². The minimum Gasteiger partial charge on any atom is -0.426 e. The summed E-state index contributed by atoms with van der Waals surface area (Å²) in [6.45, 7) is 2.15. The minimum absolute atomic E-state index is 0.214. The fraction of sp³-hybridized carbons (Fsp3) is 0.500. The maximum atomic E-state index is 11.8. The lowest BCUT2D eigenvalue weighted by atomic mass is 10.1. The standard InChI is InChI=1S/C18H23NO4/c1-2-3-4-5-6-10-18(22)23-15-9-7-8-14(13-15)19-16(20)11-12-17(19)21/h7-9,13H,2-6,10-12H2,1H3. The Morgan fingerprint density at radius 3 is 2.48 bits per heavy atom. The van der Waals surface area contributed by atoms with Crippen molar-refractivity contribution in [3.05, 3.63) is 24.3 Å². The third-order valence-corrected chi connectivity index (χ3v) is 3.84. The predicted octanol–water partition coefficient (Wildman–Crippen LogP) is 3.61. The van der Waals surface area contributed by atoms with Crippen LogP contribution >= 0.6 is 0 Å². The van der Waals surface area contributed by atoms with Gasteiger partial charge in [-0.05, 0) is 18.6 Å². The van der Waals surface area contributed by atoms with Crippen LogP contribution in [-0.4, -0.2) is 17.8 Å². The Balaban J connectivity index is 1.88. The van der Waals surface area contributed by atoms with E-state index in [2.05, 4.69) is 6.92 Å². The first kappa shape index (κ1) is 17.2. The highest BCUT2D eigenvalue weighted by Gasteiger charge is 2.30. The molecule has 1 saturated heterocycles. The second kappa shape index (κ2) is 8.46. The highest BCUT2D eigenvalue weighted by Crippen LogP contribution is 2.26. The normalized spacial score (nSPS) is 14.4. The van der Waals surface area contributed by atoms with Crippen molar-refractivity contribution in [2.24, 2.45) is 0 Å². The van der Waals surface area contributed by atoms with Crippen molar-refractivity contribution in [3.8, 4) is 5.75 Å². The van der Waals surface area contributed by atoms with Gasteiger partial charge in [0.05, 0.1) is 5.69 Å². The molecule has 0 unspecified atom stereocenters. The summed E-state index contributed by atoms with van der Waals surface area (Å²) < 4.78 is 5.30. The van der Waals surface area contributed by atoms with Gasteiger partial charge in [0, 0.05) is 25.3 Å². The van der Waals surface area contributed by atoms with Gasteiger partial charge >= 0.3 is 5.97 Å². The number of unbranched alkanes of at least 4 members (excludes halogenated alkanes) is 4. The molecule has 2 rings (SSSR count). The molecule has 0 saturated carbocycles. The second-order valence-electron chi connectivity index (χ2n) is 5.76. The van der Waals surface area contributed by atoms with E-state index >= 15 is 0 Å². The number of hydrogen-bond acceptors (Lipinski definition) is 4. The number of ether oxygens (including phenoxy) is 1. The first-order chi connectivity index (χ1) is 11.1. The zero-order valence-corrected chi connectivity index (χ0v) is 13.5. The summed E-state index contributed by atoms with van der Waals surface area (Å²) in [7, 11) is 0. The monoisotopic (exact) mass is 317 g/mol. The van der Waals surface area contributed by atoms with Crippen molar-refractivity contribution in [1.29, 1.82) is 0 Å². The number of amides is 2. The van der Waals surface area contributed by atoms with Crippen molar-refractivity contribution >= 4 is 23.5 Å². The maximum absolute atomic E-state index is 11.8. The molecular weight excluding hydrogens is 294 g/mol. The van der Waals surface area contributed by atoms with E-state index in [-0.39, 0.29) is 30.6 Å². The zero-order chi connectivity index (χ0) is 16.7. The van der Waals surface area contributed by atoms with Crippen molar-refractivity contribution < 1.29 is 19.1 Å². The second-order valence-corrected chi connectivity index (χ2v) is 5.76. The van der Waals surface area contributed by atoms with Crippen LogP contribution in [-0.2, 0) is 14.4 Å². The number of hydrogen-bond donors (Lipinski definition) is 0. The fourth-order valence-electron chi connectivity index (χ4n) is 2.61. The van der Waals surface area contributed by atoms with Crippen molar-refractivity contribution in [2.75, 3.05) is 4.90 Å². The van der Waals surface area contributed by atoms with Gasteiger partial charge in [0.2, 0.25) is 11.8 Å². The van der Waals surface area contributed by atoms with E-state index < -0.39 is 0 Å². The molecule has 2 amide bonds. The van der Waals surface area contributed by atoms with Crippen LogP contribution in [0, 0.1) is 0 Å². The van der Waals surface area contributed by atoms with Crippen LogP contribution in [0.4, 0.5) is 5.69 Å². The molecule has 0 aliphatic carbocycles. The first-order valence-electron chi connectivity index (χ1n) is 8.28. The van der Waals surface area contributed by atoms with Gasteiger partial charge in [0.15, 0.2) is 0 Å². The number of benzene rings is 1. The molecule has 0 radical (unpaired) electrons. The number of nitrogens with zero attached hydrogens (tertiary/aromatic N) is 1. The van der Waals surface area contributed by atoms with Gasteiger partial charge in [-0.25, -0.2) is 0 Å². The van der Waals surface area contributed by atoms with Crippen LogP contribution in [0.25, 0.3) is 0 Å². The molecule has 1 aromatic carbocycles. The van der Waals surface area contributed by atoms with Crippen LogP contribution in [0.1, 0.15) is 58.3 Å². The third-order valence-electron chi connectivity index (χ3n) is 3.84. The Bertz CT molecular complexity index is 566. The van der Waals surface area contributed by atoms with Crippen LogP contribution in [0.5, 0.6) is 5.75 Å². The number of anilines is 1. The fourth-order valence-corrected chi connectivity index (χ4v) is 2.61. The zero-order valence-electron chi connectivity index (χ0n) is 13.5. The molecule has 5 nitrogen and oxygen atoms in total. The summed E-state index contributed by atoms with van der Waals surface area (Å²) in [4.78, 5) is 36.5. The average Bonchev–Trinajstić information content (AvgIpc) is 2.86. The highest BCUT2D eigenvalue weighted by molar-refractivity contribution is 6.19. The maximum Gasteiger partial charge on any atom is 0.311 e. The smallest absolute Gasteiger partial charge is 0.311 e. The molecule has 5 heteroatoms. The summed E-state index contributed by atoms with van der Waals surface area (Å²) in [6, 6.07) is 6.57. The average molecular weight is 317 g/mol. The predicted molar refractivity (Wildman–Crippen MR) is 87.2 cm³/mol. The van der Waals surface area contributed by atoms with E-state index in [1.165, 1.54) is 12.8 Å². The van der Waals surface area contributed by atoms with Crippen molar-refractivity contribution in [2.45, 2.75) is 58.3 Å². The van der Waals surface area contributed by atoms with E-state index in [0.717, 1.165) is 24.2 Å². The summed E-state index contributed by atoms with van der Waals surface area (Å²) in [5.41, 5.74) is 0.464. The van der Waals surface area contributed by atoms with E-state index in [1.807, 2.05) is 0 Å². The van der Waals surface area contributed by atoms with Gasteiger partial charge in [-0.15, -0.1) is 0 Å². The van der Waals surface area contributed by atoms with Gasteiger partial charge in [-0.2, -0.15) is 0 Å². The molecule has 1 heterocycles. The largest absolute Gasteiger partial charge is 0.426 e. The quantitative estimate of drug-likeness (QED) is 0.318. The van der Waals surface area contributed by atoms with Gasteiger partial charge in [-0.3, -0.25) is 19.3 Å². The molecule has 124 valence electrons. The van der Waals surface area contributed by atoms with E-state index in [9.17, 15) is 14.4 Å². The lowest BCUT2D eigenvalue weighted by Crippen LogP contribution is -2.28. The molecule has 0 spiro atoms. The SMILES string of the molecule is CCCCCCCC(=O)Oc1cccc(N2C(=O)CCC2=O)c1. The first-order valence-corrected chi connectivity index (χ1v) is 8.28. The summed E-state index contributed by atoms with van der Waals surface area (Å²) in [5.74, 6) is -0.338. The molecule has 1 aliphatic rings. The summed E-state index contributed by atoms with van der Waals surface area (Å²) in [5, 5.41) is 0. The highest BCUT2D eigenvalue weighted by atomic mass is 16.5. The Morgan fingerprint density at radius 2 is 1.78 bits per heavy atom. The molecule has 0 atom stereocenters. The Kier molecular flexibility index (Phi) is 6.32. The molecule has 0 N–H and O–H groups in total. The number of esters is 1. The summed E-state index contributed by atoms with van der Waals surface area (Å²) >= 11 is 0. The lowest BCUT2D eigenvalue weighted by molar-refractivity contribution is -0.134. The number of imide groups is 1. The van der Waals surface area contributed by atoms with Gasteiger partial charge in [-0.1, -0.05) is 38.7 Å². The Morgan fingerprint density at radius 1 is 1.09 bits per heavy atom.